The predicted octanol–water partition coefficient (Wildman–Crippen LogP) is 0.173. The Labute approximate surface area is 122 Å². The maximum absolute atomic E-state index is 11.2. The summed E-state index contributed by atoms with van der Waals surface area (Å²) in [7, 11) is 1.37. The molecule has 0 N–H and O–H groups in total. The fraction of sp³-hybridized carbons (Fsp3) is 0.769. The van der Waals surface area contributed by atoms with E-state index in [0.29, 0.717) is 0 Å². The van der Waals surface area contributed by atoms with Crippen molar-refractivity contribution in [3.8, 4) is 0 Å². The van der Waals surface area contributed by atoms with E-state index in [1.165, 1.54) is 27.9 Å². The number of carbonyl (C=O) groups excluding carboxylic acids is 3. The molecule has 120 valence electrons. The summed E-state index contributed by atoms with van der Waals surface area (Å²) in [5, 5.41) is 0. The van der Waals surface area contributed by atoms with Crippen LogP contribution in [-0.4, -0.2) is 55.7 Å². The summed E-state index contributed by atoms with van der Waals surface area (Å²) in [6.45, 7) is 5.29. The van der Waals surface area contributed by atoms with Crippen molar-refractivity contribution < 1.29 is 38.1 Å². The number of esters is 3. The lowest BCUT2D eigenvalue weighted by molar-refractivity contribution is -0.185. The highest BCUT2D eigenvalue weighted by Gasteiger charge is 2.52. The molecule has 0 aromatic carbocycles. The molecule has 0 aliphatic carbocycles. The molecule has 0 amide bonds. The molecule has 21 heavy (non-hydrogen) atoms. The van der Waals surface area contributed by atoms with Crippen LogP contribution in [-0.2, 0) is 38.1 Å². The molecule has 0 radical (unpaired) electrons. The Morgan fingerprint density at radius 3 is 1.90 bits per heavy atom. The van der Waals surface area contributed by atoms with Crippen LogP contribution < -0.4 is 0 Å². The van der Waals surface area contributed by atoms with Gasteiger partial charge in [-0.25, -0.2) is 0 Å². The molecular weight excluding hydrogens is 284 g/mol. The first-order valence-electron chi connectivity index (χ1n) is 6.46. The SMILES string of the molecule is CO[C@@H]1O[C@H]([C@H](C)OC(C)=O)C(OC(C)=O)C1OC(C)=O. The zero-order valence-electron chi connectivity index (χ0n) is 12.7. The van der Waals surface area contributed by atoms with E-state index in [9.17, 15) is 14.4 Å². The van der Waals surface area contributed by atoms with Gasteiger partial charge in [0.25, 0.3) is 0 Å². The van der Waals surface area contributed by atoms with Crippen molar-refractivity contribution in [2.75, 3.05) is 7.11 Å². The van der Waals surface area contributed by atoms with Crippen molar-refractivity contribution in [2.24, 2.45) is 0 Å². The highest BCUT2D eigenvalue weighted by molar-refractivity contribution is 5.68. The first-order valence-corrected chi connectivity index (χ1v) is 6.46. The molecule has 0 bridgehead atoms. The molecule has 5 atom stereocenters. The highest BCUT2D eigenvalue weighted by atomic mass is 16.7. The van der Waals surface area contributed by atoms with Gasteiger partial charge in [0.2, 0.25) is 0 Å². The molecule has 1 rings (SSSR count). The Kier molecular flexibility index (Phi) is 6.10. The van der Waals surface area contributed by atoms with Crippen LogP contribution in [0.5, 0.6) is 0 Å². The van der Waals surface area contributed by atoms with E-state index in [4.69, 9.17) is 23.7 Å². The van der Waals surface area contributed by atoms with Crippen LogP contribution in [0.25, 0.3) is 0 Å². The van der Waals surface area contributed by atoms with Crippen LogP contribution in [0, 0.1) is 0 Å². The molecule has 1 aliphatic rings. The van der Waals surface area contributed by atoms with E-state index in [1.807, 2.05) is 0 Å². The van der Waals surface area contributed by atoms with Gasteiger partial charge in [-0.15, -0.1) is 0 Å². The number of hydrogen-bond acceptors (Lipinski definition) is 8. The number of rotatable bonds is 5. The molecule has 1 aliphatic heterocycles. The van der Waals surface area contributed by atoms with Gasteiger partial charge in [0.05, 0.1) is 0 Å². The Morgan fingerprint density at radius 1 is 0.952 bits per heavy atom. The van der Waals surface area contributed by atoms with E-state index >= 15 is 0 Å². The lowest BCUT2D eigenvalue weighted by Crippen LogP contribution is -2.44. The fourth-order valence-electron chi connectivity index (χ4n) is 2.19. The standard InChI is InChI=1S/C13H20O8/c1-6(18-7(2)14)10-11(19-8(3)15)12(20-9(4)16)13(17-5)21-10/h6,10-13H,1-5H3/t6-,10+,11?,12?,13+/m0/s1. The van der Waals surface area contributed by atoms with Crippen LogP contribution in [0.4, 0.5) is 0 Å². The maximum atomic E-state index is 11.2. The van der Waals surface area contributed by atoms with Crippen LogP contribution in [0.1, 0.15) is 27.7 Å². The minimum Gasteiger partial charge on any atom is -0.460 e. The average molecular weight is 304 g/mol. The second kappa shape index (κ2) is 7.37. The molecular formula is C13H20O8. The largest absolute Gasteiger partial charge is 0.460 e. The lowest BCUT2D eigenvalue weighted by Gasteiger charge is -2.25. The zero-order valence-corrected chi connectivity index (χ0v) is 12.7. The molecule has 8 heteroatoms. The fourth-order valence-corrected chi connectivity index (χ4v) is 2.19. The summed E-state index contributed by atoms with van der Waals surface area (Å²) in [5.74, 6) is -1.64. The Bertz CT molecular complexity index is 407. The first-order chi connectivity index (χ1) is 9.76. The van der Waals surface area contributed by atoms with Gasteiger partial charge in [0, 0.05) is 27.9 Å². The van der Waals surface area contributed by atoms with E-state index in [0.717, 1.165) is 0 Å². The maximum Gasteiger partial charge on any atom is 0.303 e. The molecule has 0 aromatic heterocycles. The Hall–Kier alpha value is -1.67. The molecule has 8 nitrogen and oxygen atoms in total. The van der Waals surface area contributed by atoms with Gasteiger partial charge < -0.3 is 23.7 Å². The molecule has 1 saturated heterocycles. The second-order valence-electron chi connectivity index (χ2n) is 4.67. The lowest BCUT2D eigenvalue weighted by atomic mass is 10.1. The van der Waals surface area contributed by atoms with Gasteiger partial charge in [-0.2, -0.15) is 0 Å². The van der Waals surface area contributed by atoms with Gasteiger partial charge in [0.1, 0.15) is 12.2 Å². The summed E-state index contributed by atoms with van der Waals surface area (Å²) in [5.41, 5.74) is 0. The summed E-state index contributed by atoms with van der Waals surface area (Å²) >= 11 is 0. The summed E-state index contributed by atoms with van der Waals surface area (Å²) < 4.78 is 25.9. The quantitative estimate of drug-likeness (QED) is 0.524. The molecule has 0 spiro atoms. The first kappa shape index (κ1) is 17.4. The zero-order chi connectivity index (χ0) is 16.2. The van der Waals surface area contributed by atoms with Crippen LogP contribution >= 0.6 is 0 Å². The summed E-state index contributed by atoms with van der Waals surface area (Å²) in [6, 6.07) is 0. The smallest absolute Gasteiger partial charge is 0.303 e. The van der Waals surface area contributed by atoms with Crippen molar-refractivity contribution in [3.05, 3.63) is 0 Å². The minimum absolute atomic E-state index is 0.502. The van der Waals surface area contributed by atoms with Crippen molar-refractivity contribution in [2.45, 2.75) is 58.4 Å². The molecule has 1 fully saturated rings. The van der Waals surface area contributed by atoms with Gasteiger partial charge in [-0.05, 0) is 6.92 Å². The van der Waals surface area contributed by atoms with E-state index in [1.54, 1.807) is 6.92 Å². The third-order valence-electron chi connectivity index (χ3n) is 2.86. The predicted molar refractivity (Wildman–Crippen MR) is 68.0 cm³/mol. The van der Waals surface area contributed by atoms with Crippen molar-refractivity contribution in [1.29, 1.82) is 0 Å². The third-order valence-corrected chi connectivity index (χ3v) is 2.86. The van der Waals surface area contributed by atoms with Crippen LogP contribution in [0.3, 0.4) is 0 Å². The molecule has 0 aromatic rings. The molecule has 0 saturated carbocycles. The van der Waals surface area contributed by atoms with E-state index in [2.05, 4.69) is 0 Å². The minimum atomic E-state index is -0.931. The third kappa shape index (κ3) is 4.68. The number of hydrogen-bond donors (Lipinski definition) is 0. The second-order valence-corrected chi connectivity index (χ2v) is 4.67. The van der Waals surface area contributed by atoms with Gasteiger partial charge >= 0.3 is 17.9 Å². The molecule has 1 heterocycles. The summed E-state index contributed by atoms with van der Waals surface area (Å²) in [4.78, 5) is 33.5. The monoisotopic (exact) mass is 304 g/mol. The number of carbonyl (C=O) groups is 3. The number of ether oxygens (including phenoxy) is 5. The molecule has 2 unspecified atom stereocenters. The Morgan fingerprint density at radius 2 is 1.48 bits per heavy atom. The van der Waals surface area contributed by atoms with E-state index < -0.39 is 48.6 Å². The van der Waals surface area contributed by atoms with Gasteiger partial charge in [0.15, 0.2) is 18.5 Å². The van der Waals surface area contributed by atoms with E-state index in [-0.39, 0.29) is 0 Å². The normalized spacial score (nSPS) is 29.6. The number of methoxy groups -OCH3 is 1. The van der Waals surface area contributed by atoms with Crippen LogP contribution in [0.15, 0.2) is 0 Å². The topological polar surface area (TPSA) is 97.4 Å². The Balaban J connectivity index is 2.96. The van der Waals surface area contributed by atoms with Crippen LogP contribution in [0.2, 0.25) is 0 Å². The van der Waals surface area contributed by atoms with Crippen molar-refractivity contribution in [3.63, 3.8) is 0 Å². The van der Waals surface area contributed by atoms with Crippen molar-refractivity contribution in [1.82, 2.24) is 0 Å². The highest BCUT2D eigenvalue weighted by Crippen LogP contribution is 2.30. The van der Waals surface area contributed by atoms with Gasteiger partial charge in [-0.3, -0.25) is 14.4 Å². The summed E-state index contributed by atoms with van der Waals surface area (Å²) in [6.07, 6.45) is -4.27. The average Bonchev–Trinajstić information content (AvgIpc) is 2.65. The van der Waals surface area contributed by atoms with Gasteiger partial charge in [-0.1, -0.05) is 0 Å². The van der Waals surface area contributed by atoms with Crippen molar-refractivity contribution >= 4 is 17.9 Å².